The molecule has 3 aromatic rings. The van der Waals surface area contributed by atoms with E-state index in [1.807, 2.05) is 45.0 Å². The highest BCUT2D eigenvalue weighted by atomic mass is 35.5. The number of benzene rings is 3. The molecule has 0 heterocycles. The van der Waals surface area contributed by atoms with Crippen molar-refractivity contribution < 1.29 is 17.9 Å². The number of carbonyl (C=O) groups excluding carboxylic acids is 1. The van der Waals surface area contributed by atoms with E-state index in [0.717, 1.165) is 15.4 Å². The second-order valence-electron chi connectivity index (χ2n) is 7.81. The Morgan fingerprint density at radius 2 is 1.65 bits per heavy atom. The SMILES string of the molecule is CCOc1ccccc1N(CC(=O)NC(CC)c1ccc(C)cc1)S(=O)(=O)c1ccc(Cl)cc1. The number of rotatable bonds is 10. The molecule has 0 aliphatic carbocycles. The minimum atomic E-state index is -4.09. The van der Waals surface area contributed by atoms with E-state index < -0.39 is 22.5 Å². The topological polar surface area (TPSA) is 75.7 Å². The molecule has 3 aromatic carbocycles. The summed E-state index contributed by atoms with van der Waals surface area (Å²) < 4.78 is 34.0. The maximum Gasteiger partial charge on any atom is 0.264 e. The third-order valence-corrected chi connectivity index (χ3v) is 7.37. The molecule has 34 heavy (non-hydrogen) atoms. The van der Waals surface area contributed by atoms with Gasteiger partial charge in [0.25, 0.3) is 10.0 Å². The smallest absolute Gasteiger partial charge is 0.264 e. The molecule has 1 amide bonds. The molecule has 0 aromatic heterocycles. The van der Waals surface area contributed by atoms with Crippen molar-refractivity contribution in [2.75, 3.05) is 17.5 Å². The number of hydrogen-bond acceptors (Lipinski definition) is 4. The van der Waals surface area contributed by atoms with Gasteiger partial charge in [0.2, 0.25) is 5.91 Å². The third-order valence-electron chi connectivity index (χ3n) is 5.35. The fourth-order valence-electron chi connectivity index (χ4n) is 3.56. The molecule has 0 spiro atoms. The number of nitrogens with zero attached hydrogens (tertiary/aromatic N) is 1. The summed E-state index contributed by atoms with van der Waals surface area (Å²) in [4.78, 5) is 13.2. The average Bonchev–Trinajstić information content (AvgIpc) is 2.82. The minimum Gasteiger partial charge on any atom is -0.492 e. The number of nitrogens with one attached hydrogen (secondary N) is 1. The zero-order valence-electron chi connectivity index (χ0n) is 19.5. The molecule has 0 radical (unpaired) electrons. The maximum absolute atomic E-state index is 13.6. The predicted molar refractivity (Wildman–Crippen MR) is 136 cm³/mol. The molecule has 3 rings (SSSR count). The normalized spacial score (nSPS) is 12.1. The molecule has 8 heteroatoms. The van der Waals surface area contributed by atoms with Crippen LogP contribution in [0.2, 0.25) is 5.02 Å². The molecule has 0 saturated heterocycles. The lowest BCUT2D eigenvalue weighted by atomic mass is 10.0. The summed E-state index contributed by atoms with van der Waals surface area (Å²) >= 11 is 5.96. The van der Waals surface area contributed by atoms with Crippen molar-refractivity contribution in [3.05, 3.63) is 88.9 Å². The lowest BCUT2D eigenvalue weighted by molar-refractivity contribution is -0.120. The molecular formula is C26H29ClN2O4S. The van der Waals surface area contributed by atoms with Crippen LogP contribution in [-0.4, -0.2) is 27.5 Å². The number of para-hydroxylation sites is 2. The van der Waals surface area contributed by atoms with Crippen LogP contribution in [0.25, 0.3) is 0 Å². The fourth-order valence-corrected chi connectivity index (χ4v) is 5.12. The number of ether oxygens (including phenoxy) is 1. The van der Waals surface area contributed by atoms with Crippen LogP contribution < -0.4 is 14.4 Å². The van der Waals surface area contributed by atoms with Crippen LogP contribution in [0, 0.1) is 6.92 Å². The predicted octanol–water partition coefficient (Wildman–Crippen LogP) is 5.51. The first kappa shape index (κ1) is 25.6. The van der Waals surface area contributed by atoms with Crippen molar-refractivity contribution in [1.82, 2.24) is 5.32 Å². The molecule has 0 fully saturated rings. The molecule has 0 saturated carbocycles. The van der Waals surface area contributed by atoms with Crippen LogP contribution in [0.15, 0.2) is 77.7 Å². The number of anilines is 1. The summed E-state index contributed by atoms with van der Waals surface area (Å²) in [6.45, 7) is 5.73. The number of hydrogen-bond donors (Lipinski definition) is 1. The Labute approximate surface area is 206 Å². The molecule has 0 aliphatic rings. The first-order chi connectivity index (χ1) is 16.3. The second-order valence-corrected chi connectivity index (χ2v) is 10.1. The summed E-state index contributed by atoms with van der Waals surface area (Å²) in [5.41, 5.74) is 2.37. The van der Waals surface area contributed by atoms with Crippen molar-refractivity contribution in [3.63, 3.8) is 0 Å². The molecule has 1 atom stereocenters. The molecule has 6 nitrogen and oxygen atoms in total. The van der Waals surface area contributed by atoms with Crippen LogP contribution in [-0.2, 0) is 14.8 Å². The summed E-state index contributed by atoms with van der Waals surface area (Å²) in [5, 5.41) is 3.40. The highest BCUT2D eigenvalue weighted by Crippen LogP contribution is 2.33. The molecule has 1 unspecified atom stereocenters. The van der Waals surface area contributed by atoms with E-state index in [2.05, 4.69) is 5.32 Å². The number of sulfonamides is 1. The van der Waals surface area contributed by atoms with Gasteiger partial charge in [0, 0.05) is 5.02 Å². The van der Waals surface area contributed by atoms with Gasteiger partial charge in [-0.1, -0.05) is 60.5 Å². The first-order valence-electron chi connectivity index (χ1n) is 11.1. The van der Waals surface area contributed by atoms with Crippen LogP contribution in [0.5, 0.6) is 5.75 Å². The lowest BCUT2D eigenvalue weighted by Crippen LogP contribution is -2.42. The van der Waals surface area contributed by atoms with Crippen molar-refractivity contribution in [3.8, 4) is 5.75 Å². The van der Waals surface area contributed by atoms with Crippen molar-refractivity contribution in [2.24, 2.45) is 0 Å². The van der Waals surface area contributed by atoms with E-state index >= 15 is 0 Å². The first-order valence-corrected chi connectivity index (χ1v) is 12.9. The Morgan fingerprint density at radius 1 is 1.00 bits per heavy atom. The number of amides is 1. The van der Waals surface area contributed by atoms with Gasteiger partial charge in [-0.05, 0) is 62.2 Å². The Hall–Kier alpha value is -3.03. The zero-order chi connectivity index (χ0) is 24.7. The summed E-state index contributed by atoms with van der Waals surface area (Å²) in [7, 11) is -4.09. The van der Waals surface area contributed by atoms with Crippen molar-refractivity contribution >= 4 is 33.2 Å². The van der Waals surface area contributed by atoms with Gasteiger partial charge in [-0.25, -0.2) is 8.42 Å². The van der Waals surface area contributed by atoms with Crippen LogP contribution in [0.4, 0.5) is 5.69 Å². The lowest BCUT2D eigenvalue weighted by Gasteiger charge is -2.27. The average molecular weight is 501 g/mol. The highest BCUT2D eigenvalue weighted by Gasteiger charge is 2.30. The van der Waals surface area contributed by atoms with Crippen molar-refractivity contribution in [1.29, 1.82) is 0 Å². The molecule has 0 aliphatic heterocycles. The van der Waals surface area contributed by atoms with Crippen LogP contribution >= 0.6 is 11.6 Å². The van der Waals surface area contributed by atoms with E-state index in [9.17, 15) is 13.2 Å². The second kappa shape index (κ2) is 11.4. The Balaban J connectivity index is 1.96. The van der Waals surface area contributed by atoms with Crippen molar-refractivity contribution in [2.45, 2.75) is 38.1 Å². The minimum absolute atomic E-state index is 0.0292. The number of halogens is 1. The van der Waals surface area contributed by atoms with E-state index in [4.69, 9.17) is 16.3 Å². The van der Waals surface area contributed by atoms with E-state index in [1.165, 1.54) is 24.3 Å². The van der Waals surface area contributed by atoms with Gasteiger partial charge in [-0.2, -0.15) is 0 Å². The molecular weight excluding hydrogens is 472 g/mol. The van der Waals surface area contributed by atoms with Crippen LogP contribution in [0.1, 0.15) is 37.4 Å². The van der Waals surface area contributed by atoms with Gasteiger partial charge >= 0.3 is 0 Å². The van der Waals surface area contributed by atoms with Gasteiger partial charge < -0.3 is 10.1 Å². The largest absolute Gasteiger partial charge is 0.492 e. The van der Waals surface area contributed by atoms with E-state index in [-0.39, 0.29) is 16.6 Å². The van der Waals surface area contributed by atoms with E-state index in [1.54, 1.807) is 24.3 Å². The molecule has 0 bridgehead atoms. The zero-order valence-corrected chi connectivity index (χ0v) is 21.1. The Kier molecular flexibility index (Phi) is 8.58. The van der Waals surface area contributed by atoms with Gasteiger partial charge in [0.15, 0.2) is 0 Å². The van der Waals surface area contributed by atoms with Gasteiger partial charge in [0.05, 0.1) is 23.2 Å². The Bertz CT molecular complexity index is 1210. The Morgan fingerprint density at radius 3 is 2.26 bits per heavy atom. The number of aryl methyl sites for hydroxylation is 1. The quantitative estimate of drug-likeness (QED) is 0.398. The van der Waals surface area contributed by atoms with E-state index in [0.29, 0.717) is 23.8 Å². The fraction of sp³-hybridized carbons (Fsp3) is 0.269. The van der Waals surface area contributed by atoms with Crippen LogP contribution in [0.3, 0.4) is 0 Å². The van der Waals surface area contributed by atoms with Gasteiger partial charge in [0.1, 0.15) is 12.3 Å². The molecule has 180 valence electrons. The summed E-state index contributed by atoms with van der Waals surface area (Å²) in [6, 6.07) is 20.3. The maximum atomic E-state index is 13.6. The molecule has 1 N–H and O–H groups in total. The van der Waals surface area contributed by atoms with Gasteiger partial charge in [-0.3, -0.25) is 9.10 Å². The highest BCUT2D eigenvalue weighted by molar-refractivity contribution is 7.92. The monoisotopic (exact) mass is 500 g/mol. The standard InChI is InChI=1S/C26H29ClN2O4S/c1-4-23(20-12-10-19(3)11-13-20)28-26(30)18-29(24-8-6-7-9-25(24)33-5-2)34(31,32)22-16-14-21(27)15-17-22/h6-17,23H,4-5,18H2,1-3H3,(H,28,30). The van der Waals surface area contributed by atoms with Gasteiger partial charge in [-0.15, -0.1) is 0 Å². The summed E-state index contributed by atoms with van der Waals surface area (Å²) in [5.74, 6) is -0.0443. The summed E-state index contributed by atoms with van der Waals surface area (Å²) in [6.07, 6.45) is 0.661. The number of carbonyl (C=O) groups is 1. The third kappa shape index (κ3) is 6.10.